The van der Waals surface area contributed by atoms with E-state index >= 15 is 0 Å². The second-order valence-electron chi connectivity index (χ2n) is 5.22. The van der Waals surface area contributed by atoms with Crippen LogP contribution in [0.4, 0.5) is 4.39 Å². The van der Waals surface area contributed by atoms with E-state index in [9.17, 15) is 9.18 Å². The third-order valence-electron chi connectivity index (χ3n) is 3.62. The molecule has 1 amide bonds. The van der Waals surface area contributed by atoms with Gasteiger partial charge in [0.05, 0.1) is 0 Å². The quantitative estimate of drug-likeness (QED) is 0.716. The van der Waals surface area contributed by atoms with Crippen molar-refractivity contribution in [2.75, 3.05) is 0 Å². The smallest absolute Gasteiger partial charge is 0.257 e. The van der Waals surface area contributed by atoms with E-state index in [1.54, 1.807) is 25.1 Å². The highest BCUT2D eigenvalue weighted by atomic mass is 79.9. The highest BCUT2D eigenvalue weighted by Gasteiger charge is 2.23. The molecule has 1 aromatic heterocycles. The summed E-state index contributed by atoms with van der Waals surface area (Å²) in [5, 5.41) is 6.68. The van der Waals surface area contributed by atoms with Gasteiger partial charge in [-0.25, -0.2) is 4.39 Å². The first-order valence-corrected chi connectivity index (χ1v) is 8.10. The Balaban J connectivity index is 1.87. The molecule has 0 unspecified atom stereocenters. The fourth-order valence-electron chi connectivity index (χ4n) is 2.38. The standard InChI is InChI=1S/C18H14BrFN2O2/c1-11-16(17(22-24-11)13-7-3-5-9-15(13)20)18(23)21-10-12-6-2-4-8-14(12)19/h2-9H,10H2,1H3,(H,21,23). The lowest BCUT2D eigenvalue weighted by Crippen LogP contribution is -2.24. The molecule has 3 rings (SSSR count). The molecule has 0 saturated carbocycles. The van der Waals surface area contributed by atoms with E-state index in [2.05, 4.69) is 26.4 Å². The summed E-state index contributed by atoms with van der Waals surface area (Å²) in [6.07, 6.45) is 0. The first-order chi connectivity index (χ1) is 11.6. The number of benzene rings is 2. The molecule has 0 bridgehead atoms. The highest BCUT2D eigenvalue weighted by Crippen LogP contribution is 2.27. The molecule has 0 fully saturated rings. The third-order valence-corrected chi connectivity index (χ3v) is 4.39. The lowest BCUT2D eigenvalue weighted by atomic mass is 10.0. The Labute approximate surface area is 146 Å². The van der Waals surface area contributed by atoms with Crippen LogP contribution in [0.2, 0.25) is 0 Å². The molecule has 1 heterocycles. The van der Waals surface area contributed by atoms with Gasteiger partial charge in [0.2, 0.25) is 0 Å². The van der Waals surface area contributed by atoms with Crippen molar-refractivity contribution >= 4 is 21.8 Å². The molecule has 1 N–H and O–H groups in total. The van der Waals surface area contributed by atoms with E-state index in [0.717, 1.165) is 10.0 Å². The zero-order valence-electron chi connectivity index (χ0n) is 12.8. The summed E-state index contributed by atoms with van der Waals surface area (Å²) in [4.78, 5) is 12.6. The van der Waals surface area contributed by atoms with Crippen LogP contribution >= 0.6 is 15.9 Å². The summed E-state index contributed by atoms with van der Waals surface area (Å²) in [6, 6.07) is 13.7. The van der Waals surface area contributed by atoms with Crippen molar-refractivity contribution in [3.05, 3.63) is 75.7 Å². The zero-order chi connectivity index (χ0) is 17.1. The molecule has 0 atom stereocenters. The Hall–Kier alpha value is -2.47. The van der Waals surface area contributed by atoms with Crippen molar-refractivity contribution < 1.29 is 13.7 Å². The fourth-order valence-corrected chi connectivity index (χ4v) is 2.81. The summed E-state index contributed by atoms with van der Waals surface area (Å²) < 4.78 is 20.0. The molecule has 4 nitrogen and oxygen atoms in total. The van der Waals surface area contributed by atoms with Crippen molar-refractivity contribution in [3.8, 4) is 11.3 Å². The van der Waals surface area contributed by atoms with Crippen LogP contribution in [0.15, 0.2) is 57.5 Å². The maximum atomic E-state index is 14.0. The van der Waals surface area contributed by atoms with Gasteiger partial charge in [-0.05, 0) is 30.7 Å². The van der Waals surface area contributed by atoms with Crippen LogP contribution in [-0.4, -0.2) is 11.1 Å². The van der Waals surface area contributed by atoms with Gasteiger partial charge in [0.15, 0.2) is 0 Å². The summed E-state index contributed by atoms with van der Waals surface area (Å²) in [7, 11) is 0. The third kappa shape index (κ3) is 3.23. The Bertz CT molecular complexity index is 892. The van der Waals surface area contributed by atoms with Crippen molar-refractivity contribution in [1.29, 1.82) is 0 Å². The minimum absolute atomic E-state index is 0.204. The van der Waals surface area contributed by atoms with E-state index in [0.29, 0.717) is 12.3 Å². The molecule has 0 spiro atoms. The molecule has 122 valence electrons. The minimum atomic E-state index is -0.453. The Morgan fingerprint density at radius 3 is 2.67 bits per heavy atom. The topological polar surface area (TPSA) is 55.1 Å². The van der Waals surface area contributed by atoms with Gasteiger partial charge in [0.1, 0.15) is 22.8 Å². The van der Waals surface area contributed by atoms with Crippen LogP contribution in [0.3, 0.4) is 0 Å². The molecule has 2 aromatic carbocycles. The van der Waals surface area contributed by atoms with Gasteiger partial charge in [-0.15, -0.1) is 0 Å². The van der Waals surface area contributed by atoms with E-state index in [1.165, 1.54) is 6.07 Å². The first kappa shape index (κ1) is 16.4. The molecular weight excluding hydrogens is 375 g/mol. The highest BCUT2D eigenvalue weighted by molar-refractivity contribution is 9.10. The Morgan fingerprint density at radius 1 is 1.21 bits per heavy atom. The van der Waals surface area contributed by atoms with Gasteiger partial charge in [0.25, 0.3) is 5.91 Å². The second-order valence-corrected chi connectivity index (χ2v) is 6.07. The van der Waals surface area contributed by atoms with Crippen molar-refractivity contribution in [2.45, 2.75) is 13.5 Å². The van der Waals surface area contributed by atoms with E-state index in [1.807, 2.05) is 24.3 Å². The number of rotatable bonds is 4. The minimum Gasteiger partial charge on any atom is -0.360 e. The van der Waals surface area contributed by atoms with Gasteiger partial charge in [0, 0.05) is 16.6 Å². The SMILES string of the molecule is Cc1onc(-c2ccccc2F)c1C(=O)NCc1ccccc1Br. The summed E-state index contributed by atoms with van der Waals surface area (Å²) in [6.45, 7) is 1.96. The molecular formula is C18H14BrFN2O2. The number of aromatic nitrogens is 1. The lowest BCUT2D eigenvalue weighted by Gasteiger charge is -2.08. The largest absolute Gasteiger partial charge is 0.360 e. The second kappa shape index (κ2) is 6.97. The van der Waals surface area contributed by atoms with E-state index in [-0.39, 0.29) is 22.7 Å². The molecule has 0 aliphatic rings. The number of hydrogen-bond acceptors (Lipinski definition) is 3. The van der Waals surface area contributed by atoms with Crippen molar-refractivity contribution in [2.24, 2.45) is 0 Å². The maximum Gasteiger partial charge on any atom is 0.257 e. The van der Waals surface area contributed by atoms with Gasteiger partial charge in [-0.2, -0.15) is 0 Å². The van der Waals surface area contributed by atoms with Crippen LogP contribution in [0, 0.1) is 12.7 Å². The molecule has 6 heteroatoms. The number of aryl methyl sites for hydroxylation is 1. The molecule has 0 radical (unpaired) electrons. The van der Waals surface area contributed by atoms with Crippen LogP contribution in [-0.2, 0) is 6.54 Å². The molecule has 24 heavy (non-hydrogen) atoms. The van der Waals surface area contributed by atoms with Gasteiger partial charge >= 0.3 is 0 Å². The Kier molecular flexibility index (Phi) is 4.76. The first-order valence-electron chi connectivity index (χ1n) is 7.30. The number of halogens is 2. The number of carbonyl (C=O) groups excluding carboxylic acids is 1. The maximum absolute atomic E-state index is 14.0. The van der Waals surface area contributed by atoms with E-state index < -0.39 is 5.82 Å². The monoisotopic (exact) mass is 388 g/mol. The number of amides is 1. The summed E-state index contributed by atoms with van der Waals surface area (Å²) in [5.41, 5.74) is 1.62. The number of carbonyl (C=O) groups is 1. The molecule has 0 aliphatic heterocycles. The predicted octanol–water partition coefficient (Wildman–Crippen LogP) is 4.48. The number of nitrogens with one attached hydrogen (secondary N) is 1. The fraction of sp³-hybridized carbons (Fsp3) is 0.111. The zero-order valence-corrected chi connectivity index (χ0v) is 14.4. The van der Waals surface area contributed by atoms with Crippen LogP contribution in [0.1, 0.15) is 21.7 Å². The van der Waals surface area contributed by atoms with Crippen LogP contribution in [0.25, 0.3) is 11.3 Å². The summed E-state index contributed by atoms with van der Waals surface area (Å²) in [5.74, 6) is -0.466. The number of nitrogens with zero attached hydrogens (tertiary/aromatic N) is 1. The van der Waals surface area contributed by atoms with Crippen LogP contribution in [0.5, 0.6) is 0 Å². The predicted molar refractivity (Wildman–Crippen MR) is 91.9 cm³/mol. The number of hydrogen-bond donors (Lipinski definition) is 1. The van der Waals surface area contributed by atoms with Crippen LogP contribution < -0.4 is 5.32 Å². The van der Waals surface area contributed by atoms with Gasteiger partial charge in [-0.3, -0.25) is 4.79 Å². The van der Waals surface area contributed by atoms with Crippen molar-refractivity contribution in [3.63, 3.8) is 0 Å². The van der Waals surface area contributed by atoms with E-state index in [4.69, 9.17) is 4.52 Å². The Morgan fingerprint density at radius 2 is 1.92 bits per heavy atom. The average molecular weight is 389 g/mol. The van der Waals surface area contributed by atoms with Gasteiger partial charge < -0.3 is 9.84 Å². The average Bonchev–Trinajstić information content (AvgIpc) is 2.96. The van der Waals surface area contributed by atoms with Gasteiger partial charge in [-0.1, -0.05) is 51.4 Å². The lowest BCUT2D eigenvalue weighted by molar-refractivity contribution is 0.0950. The normalized spacial score (nSPS) is 10.6. The molecule has 3 aromatic rings. The van der Waals surface area contributed by atoms with Crippen molar-refractivity contribution in [1.82, 2.24) is 10.5 Å². The molecule has 0 aliphatic carbocycles. The summed E-state index contributed by atoms with van der Waals surface area (Å²) >= 11 is 3.44. The molecule has 0 saturated heterocycles.